The highest BCUT2D eigenvalue weighted by molar-refractivity contribution is 5.33. The predicted octanol–water partition coefficient (Wildman–Crippen LogP) is 2.41. The van der Waals surface area contributed by atoms with Gasteiger partial charge in [0.25, 0.3) is 5.69 Å². The number of benzene rings is 1. The molecule has 0 amide bonds. The zero-order chi connectivity index (χ0) is 10.1. The first kappa shape index (κ1) is 9.50. The highest BCUT2D eigenvalue weighted by Gasteiger charge is 2.32. The summed E-state index contributed by atoms with van der Waals surface area (Å²) in [5, 5.41) is 10.1. The fourth-order valence-electron chi connectivity index (χ4n) is 0.729. The second-order valence-electron chi connectivity index (χ2n) is 2.20. The topological polar surface area (TPSA) is 43.1 Å². The molecule has 13 heavy (non-hydrogen) atoms. The summed E-state index contributed by atoms with van der Waals surface area (Å²) in [6.07, 6.45) is -4.59. The van der Waals surface area contributed by atoms with Gasteiger partial charge in [-0.15, -0.1) is 0 Å². The smallest absolute Gasteiger partial charge is 0.258 e. The zero-order valence-electron chi connectivity index (χ0n) is 6.13. The number of alkyl halides is 3. The summed E-state index contributed by atoms with van der Waals surface area (Å²) in [4.78, 5) is 9.17. The van der Waals surface area contributed by atoms with Crippen LogP contribution in [0, 0.1) is 16.2 Å². The molecule has 0 aliphatic carbocycles. The number of non-ortho nitro benzene ring substituents is 1. The largest absolute Gasteiger partial charge is 0.417 e. The van der Waals surface area contributed by atoms with Gasteiger partial charge >= 0.3 is 6.18 Å². The van der Waals surface area contributed by atoms with Crippen LogP contribution in [0.1, 0.15) is 5.56 Å². The average Bonchev–Trinajstić information content (AvgIpc) is 2.03. The summed E-state index contributed by atoms with van der Waals surface area (Å²) in [5.41, 5.74) is -1.82. The fraction of sp³-hybridized carbons (Fsp3) is 0.143. The number of nitro groups is 1. The Bertz CT molecular complexity index is 335. The van der Waals surface area contributed by atoms with Gasteiger partial charge in [-0.2, -0.15) is 13.2 Å². The molecule has 0 aliphatic heterocycles. The second-order valence-corrected chi connectivity index (χ2v) is 2.20. The Hall–Kier alpha value is -1.59. The van der Waals surface area contributed by atoms with Crippen molar-refractivity contribution in [2.45, 2.75) is 6.18 Å². The van der Waals surface area contributed by atoms with Crippen LogP contribution >= 0.6 is 0 Å². The quantitative estimate of drug-likeness (QED) is 0.504. The molecule has 0 heterocycles. The van der Waals surface area contributed by atoms with E-state index in [-0.39, 0.29) is 0 Å². The minimum Gasteiger partial charge on any atom is -0.258 e. The van der Waals surface area contributed by atoms with Gasteiger partial charge in [0, 0.05) is 6.07 Å². The minimum absolute atomic E-state index is 0.685. The van der Waals surface area contributed by atoms with E-state index in [0.717, 1.165) is 18.2 Å². The first-order chi connectivity index (χ1) is 5.91. The molecule has 0 saturated carbocycles. The molecule has 0 bridgehead atoms. The molecule has 0 aromatic heterocycles. The lowest BCUT2D eigenvalue weighted by molar-refractivity contribution is -0.385. The van der Waals surface area contributed by atoms with Gasteiger partial charge in [-0.05, 0) is 6.07 Å². The molecule has 0 saturated heterocycles. The van der Waals surface area contributed by atoms with Crippen LogP contribution in [0.25, 0.3) is 0 Å². The number of rotatable bonds is 1. The molecule has 1 aromatic rings. The first-order valence-corrected chi connectivity index (χ1v) is 3.15. The second kappa shape index (κ2) is 3.04. The van der Waals surface area contributed by atoms with Crippen LogP contribution in [-0.2, 0) is 6.18 Å². The Morgan fingerprint density at radius 3 is 2.46 bits per heavy atom. The van der Waals surface area contributed by atoms with Gasteiger partial charge in [-0.3, -0.25) is 10.1 Å². The van der Waals surface area contributed by atoms with Gasteiger partial charge in [0.2, 0.25) is 0 Å². The van der Waals surface area contributed by atoms with Crippen LogP contribution < -0.4 is 0 Å². The first-order valence-electron chi connectivity index (χ1n) is 3.15. The third kappa shape index (κ3) is 2.17. The van der Waals surface area contributed by atoms with Crippen molar-refractivity contribution in [3.63, 3.8) is 0 Å². The van der Waals surface area contributed by atoms with Crippen LogP contribution in [0.3, 0.4) is 0 Å². The highest BCUT2D eigenvalue weighted by atomic mass is 19.4. The van der Waals surface area contributed by atoms with E-state index in [9.17, 15) is 23.3 Å². The Labute approximate surface area is 70.9 Å². The van der Waals surface area contributed by atoms with Crippen molar-refractivity contribution in [2.24, 2.45) is 0 Å². The molecule has 1 aromatic carbocycles. The van der Waals surface area contributed by atoms with E-state index in [1.165, 1.54) is 0 Å². The van der Waals surface area contributed by atoms with Gasteiger partial charge in [0.1, 0.15) is 0 Å². The number of nitrogens with zero attached hydrogens (tertiary/aromatic N) is 1. The Kier molecular flexibility index (Phi) is 2.22. The highest BCUT2D eigenvalue weighted by Crippen LogP contribution is 2.30. The van der Waals surface area contributed by atoms with E-state index < -0.39 is 22.4 Å². The van der Waals surface area contributed by atoms with E-state index in [1.54, 1.807) is 6.07 Å². The molecule has 69 valence electrons. The maximum Gasteiger partial charge on any atom is 0.417 e. The molecule has 0 unspecified atom stereocenters. The molecule has 0 N–H and O–H groups in total. The Balaban J connectivity index is 3.13. The van der Waals surface area contributed by atoms with E-state index in [1.807, 2.05) is 0 Å². The molecule has 0 aliphatic rings. The zero-order valence-corrected chi connectivity index (χ0v) is 6.13. The van der Waals surface area contributed by atoms with Crippen LogP contribution in [0.4, 0.5) is 18.9 Å². The maximum absolute atomic E-state index is 12.0. The molecular formula is C7H3F3NO2. The molecule has 1 rings (SSSR count). The van der Waals surface area contributed by atoms with Crippen molar-refractivity contribution < 1.29 is 18.1 Å². The third-order valence-electron chi connectivity index (χ3n) is 1.28. The van der Waals surface area contributed by atoms with Crippen molar-refractivity contribution in [3.8, 4) is 0 Å². The Morgan fingerprint density at radius 2 is 2.00 bits per heavy atom. The third-order valence-corrected chi connectivity index (χ3v) is 1.28. The van der Waals surface area contributed by atoms with Crippen LogP contribution in [-0.4, -0.2) is 4.92 Å². The van der Waals surface area contributed by atoms with Crippen molar-refractivity contribution in [3.05, 3.63) is 39.9 Å². The maximum atomic E-state index is 12.0. The molecule has 6 heteroatoms. The summed E-state index contributed by atoms with van der Waals surface area (Å²) in [6, 6.07) is 4.31. The summed E-state index contributed by atoms with van der Waals surface area (Å²) >= 11 is 0. The lowest BCUT2D eigenvalue weighted by atomic mass is 10.2. The molecule has 0 atom stereocenters. The van der Waals surface area contributed by atoms with Crippen molar-refractivity contribution in [1.29, 1.82) is 0 Å². The van der Waals surface area contributed by atoms with E-state index in [4.69, 9.17) is 0 Å². The van der Waals surface area contributed by atoms with E-state index in [2.05, 4.69) is 0 Å². The number of hydrogen-bond donors (Lipinski definition) is 0. The van der Waals surface area contributed by atoms with Crippen molar-refractivity contribution in [2.75, 3.05) is 0 Å². The summed E-state index contributed by atoms with van der Waals surface area (Å²) in [6.45, 7) is 0. The van der Waals surface area contributed by atoms with Crippen LogP contribution in [0.15, 0.2) is 18.2 Å². The van der Waals surface area contributed by atoms with Crippen molar-refractivity contribution >= 4 is 5.69 Å². The number of nitro benzene ring substituents is 1. The van der Waals surface area contributed by atoms with Crippen LogP contribution in [0.2, 0.25) is 0 Å². The van der Waals surface area contributed by atoms with Crippen LogP contribution in [0.5, 0.6) is 0 Å². The predicted molar refractivity (Wildman–Crippen MR) is 36.9 cm³/mol. The monoisotopic (exact) mass is 190 g/mol. The minimum atomic E-state index is -4.59. The van der Waals surface area contributed by atoms with Gasteiger partial charge < -0.3 is 0 Å². The van der Waals surface area contributed by atoms with Gasteiger partial charge in [0.05, 0.1) is 16.6 Å². The summed E-state index contributed by atoms with van der Waals surface area (Å²) in [5.74, 6) is 0. The number of hydrogen-bond acceptors (Lipinski definition) is 2. The Morgan fingerprint density at radius 1 is 1.38 bits per heavy atom. The lowest BCUT2D eigenvalue weighted by Crippen LogP contribution is -2.05. The number of halogens is 3. The fourth-order valence-corrected chi connectivity index (χ4v) is 0.729. The van der Waals surface area contributed by atoms with E-state index in [0.29, 0.717) is 0 Å². The summed E-state index contributed by atoms with van der Waals surface area (Å²) < 4.78 is 35.9. The summed E-state index contributed by atoms with van der Waals surface area (Å²) in [7, 11) is 0. The van der Waals surface area contributed by atoms with Gasteiger partial charge in [-0.25, -0.2) is 0 Å². The van der Waals surface area contributed by atoms with Crippen molar-refractivity contribution in [1.82, 2.24) is 0 Å². The standard InChI is InChI=1S/C7H3F3NO2/c8-7(9,10)5-2-1-3-6(4-5)11(12)13/h1-3H. The van der Waals surface area contributed by atoms with E-state index >= 15 is 0 Å². The SMILES string of the molecule is O=[N+]([O-])c1[c]c(C(F)(F)F)ccc1. The van der Waals surface area contributed by atoms with Gasteiger partial charge in [-0.1, -0.05) is 6.07 Å². The molecule has 1 radical (unpaired) electrons. The molecule has 3 nitrogen and oxygen atoms in total. The lowest BCUT2D eigenvalue weighted by Gasteiger charge is -2.04. The normalized spacial score (nSPS) is 11.3. The average molecular weight is 190 g/mol. The molecule has 0 fully saturated rings. The molecular weight excluding hydrogens is 187 g/mol. The molecule has 0 spiro atoms. The van der Waals surface area contributed by atoms with Gasteiger partial charge in [0.15, 0.2) is 0 Å².